The van der Waals surface area contributed by atoms with Gasteiger partial charge < -0.3 is 10.1 Å². The molecule has 1 fully saturated rings. The van der Waals surface area contributed by atoms with E-state index in [1.807, 2.05) is 12.3 Å². The average Bonchev–Trinajstić information content (AvgIpc) is 2.30. The number of rotatable bonds is 2. The SMILES string of the molecule is CSc1ncccc1C1COCCN1. The molecule has 0 saturated carbocycles. The lowest BCUT2D eigenvalue weighted by Crippen LogP contribution is -2.34. The summed E-state index contributed by atoms with van der Waals surface area (Å²) in [4.78, 5) is 4.34. The van der Waals surface area contributed by atoms with Gasteiger partial charge in [0.25, 0.3) is 0 Å². The zero-order chi connectivity index (χ0) is 9.80. The number of pyridine rings is 1. The summed E-state index contributed by atoms with van der Waals surface area (Å²) in [5.74, 6) is 0. The van der Waals surface area contributed by atoms with Gasteiger partial charge in [-0.15, -0.1) is 11.8 Å². The van der Waals surface area contributed by atoms with Gasteiger partial charge in [-0.25, -0.2) is 4.98 Å². The molecular weight excluding hydrogens is 196 g/mol. The van der Waals surface area contributed by atoms with Crippen molar-refractivity contribution in [3.05, 3.63) is 23.9 Å². The molecule has 0 radical (unpaired) electrons. The number of ether oxygens (including phenoxy) is 1. The van der Waals surface area contributed by atoms with Crippen molar-refractivity contribution in [3.8, 4) is 0 Å². The van der Waals surface area contributed by atoms with Gasteiger partial charge in [0.05, 0.1) is 19.3 Å². The van der Waals surface area contributed by atoms with E-state index in [0.29, 0.717) is 6.04 Å². The fourth-order valence-corrected chi connectivity index (χ4v) is 2.22. The van der Waals surface area contributed by atoms with Crippen molar-refractivity contribution in [2.45, 2.75) is 11.1 Å². The monoisotopic (exact) mass is 210 g/mol. The van der Waals surface area contributed by atoms with Gasteiger partial charge in [-0.3, -0.25) is 0 Å². The number of nitrogens with one attached hydrogen (secondary N) is 1. The van der Waals surface area contributed by atoms with Crippen LogP contribution in [-0.2, 0) is 4.74 Å². The third-order valence-electron chi connectivity index (χ3n) is 2.29. The molecule has 0 aliphatic carbocycles. The molecular formula is C10H14N2OS. The highest BCUT2D eigenvalue weighted by Gasteiger charge is 2.18. The van der Waals surface area contributed by atoms with Gasteiger partial charge >= 0.3 is 0 Å². The molecule has 1 aromatic rings. The minimum absolute atomic E-state index is 0.305. The largest absolute Gasteiger partial charge is 0.378 e. The van der Waals surface area contributed by atoms with E-state index in [-0.39, 0.29) is 0 Å². The van der Waals surface area contributed by atoms with Crippen molar-refractivity contribution in [1.82, 2.24) is 10.3 Å². The maximum atomic E-state index is 5.44. The molecule has 1 unspecified atom stereocenters. The molecule has 14 heavy (non-hydrogen) atoms. The van der Waals surface area contributed by atoms with Crippen LogP contribution in [0.15, 0.2) is 23.4 Å². The molecule has 0 amide bonds. The van der Waals surface area contributed by atoms with E-state index in [1.165, 1.54) is 5.56 Å². The lowest BCUT2D eigenvalue weighted by molar-refractivity contribution is 0.0759. The van der Waals surface area contributed by atoms with Crippen molar-refractivity contribution in [3.63, 3.8) is 0 Å². The smallest absolute Gasteiger partial charge is 0.101 e. The summed E-state index contributed by atoms with van der Waals surface area (Å²) >= 11 is 1.68. The highest BCUT2D eigenvalue weighted by Crippen LogP contribution is 2.24. The molecule has 1 saturated heterocycles. The molecule has 1 aliphatic rings. The lowest BCUT2D eigenvalue weighted by Gasteiger charge is -2.25. The maximum Gasteiger partial charge on any atom is 0.101 e. The lowest BCUT2D eigenvalue weighted by atomic mass is 10.1. The van der Waals surface area contributed by atoms with Crippen molar-refractivity contribution in [1.29, 1.82) is 0 Å². The quantitative estimate of drug-likeness (QED) is 0.749. The molecule has 2 heterocycles. The summed E-state index contributed by atoms with van der Waals surface area (Å²) in [6.45, 7) is 2.48. The number of aromatic nitrogens is 1. The first-order valence-corrected chi connectivity index (χ1v) is 5.94. The fourth-order valence-electron chi connectivity index (χ4n) is 1.60. The van der Waals surface area contributed by atoms with Crippen LogP contribution in [0.2, 0.25) is 0 Å². The normalized spacial score (nSPS) is 22.2. The topological polar surface area (TPSA) is 34.1 Å². The third kappa shape index (κ3) is 2.08. The second-order valence-electron chi connectivity index (χ2n) is 3.18. The van der Waals surface area contributed by atoms with Crippen LogP contribution < -0.4 is 5.32 Å². The molecule has 1 aliphatic heterocycles. The average molecular weight is 210 g/mol. The Morgan fingerprint density at radius 1 is 1.64 bits per heavy atom. The van der Waals surface area contributed by atoms with Crippen LogP contribution in [0, 0.1) is 0 Å². The van der Waals surface area contributed by atoms with Gasteiger partial charge in [0.1, 0.15) is 5.03 Å². The summed E-state index contributed by atoms with van der Waals surface area (Å²) in [6, 6.07) is 4.40. The molecule has 0 aromatic carbocycles. The minimum Gasteiger partial charge on any atom is -0.378 e. The molecule has 2 rings (SSSR count). The van der Waals surface area contributed by atoms with E-state index >= 15 is 0 Å². The van der Waals surface area contributed by atoms with Gasteiger partial charge in [0.2, 0.25) is 0 Å². The first-order valence-electron chi connectivity index (χ1n) is 4.72. The first kappa shape index (κ1) is 9.96. The Hall–Kier alpha value is -0.580. The molecule has 1 N–H and O–H groups in total. The second-order valence-corrected chi connectivity index (χ2v) is 3.98. The Morgan fingerprint density at radius 2 is 2.57 bits per heavy atom. The van der Waals surface area contributed by atoms with Gasteiger partial charge in [-0.1, -0.05) is 6.07 Å². The van der Waals surface area contributed by atoms with Gasteiger partial charge in [0, 0.05) is 18.3 Å². The summed E-state index contributed by atoms with van der Waals surface area (Å²) in [6.07, 6.45) is 3.88. The van der Waals surface area contributed by atoms with E-state index in [4.69, 9.17) is 4.74 Å². The van der Waals surface area contributed by atoms with Crippen LogP contribution in [0.25, 0.3) is 0 Å². The Bertz CT molecular complexity index is 300. The Morgan fingerprint density at radius 3 is 3.29 bits per heavy atom. The van der Waals surface area contributed by atoms with E-state index in [2.05, 4.69) is 22.6 Å². The summed E-state index contributed by atoms with van der Waals surface area (Å²) in [5, 5.41) is 4.52. The maximum absolute atomic E-state index is 5.44. The Balaban J connectivity index is 2.20. The van der Waals surface area contributed by atoms with E-state index in [0.717, 1.165) is 24.8 Å². The zero-order valence-electron chi connectivity index (χ0n) is 8.19. The summed E-state index contributed by atoms with van der Waals surface area (Å²) in [7, 11) is 0. The van der Waals surface area contributed by atoms with Crippen molar-refractivity contribution < 1.29 is 4.74 Å². The third-order valence-corrected chi connectivity index (χ3v) is 3.02. The van der Waals surface area contributed by atoms with Crippen LogP contribution in [0.4, 0.5) is 0 Å². The van der Waals surface area contributed by atoms with Crippen molar-refractivity contribution in [2.24, 2.45) is 0 Å². The number of hydrogen-bond acceptors (Lipinski definition) is 4. The van der Waals surface area contributed by atoms with Crippen LogP contribution in [0.1, 0.15) is 11.6 Å². The van der Waals surface area contributed by atoms with Gasteiger partial charge in [-0.2, -0.15) is 0 Å². The Kier molecular flexibility index (Phi) is 3.39. The highest BCUT2D eigenvalue weighted by atomic mass is 32.2. The van der Waals surface area contributed by atoms with Crippen LogP contribution >= 0.6 is 11.8 Å². The minimum atomic E-state index is 0.305. The highest BCUT2D eigenvalue weighted by molar-refractivity contribution is 7.98. The molecule has 0 spiro atoms. The van der Waals surface area contributed by atoms with Crippen LogP contribution in [0.3, 0.4) is 0 Å². The summed E-state index contributed by atoms with van der Waals surface area (Å²) in [5.41, 5.74) is 1.25. The van der Waals surface area contributed by atoms with E-state index in [1.54, 1.807) is 11.8 Å². The molecule has 1 aromatic heterocycles. The number of nitrogens with zero attached hydrogens (tertiary/aromatic N) is 1. The molecule has 4 heteroatoms. The standard InChI is InChI=1S/C10H14N2OS/c1-14-10-8(3-2-4-12-10)9-7-13-6-5-11-9/h2-4,9,11H,5-7H2,1H3. The number of morpholine rings is 1. The van der Waals surface area contributed by atoms with Crippen molar-refractivity contribution in [2.75, 3.05) is 26.0 Å². The number of hydrogen-bond donors (Lipinski definition) is 1. The first-order chi connectivity index (χ1) is 6.92. The summed E-state index contributed by atoms with van der Waals surface area (Å²) < 4.78 is 5.44. The van der Waals surface area contributed by atoms with Gasteiger partial charge in [-0.05, 0) is 12.3 Å². The molecule has 76 valence electrons. The second kappa shape index (κ2) is 4.77. The molecule has 0 bridgehead atoms. The zero-order valence-corrected chi connectivity index (χ0v) is 9.01. The number of thioether (sulfide) groups is 1. The van der Waals surface area contributed by atoms with Crippen LogP contribution in [0.5, 0.6) is 0 Å². The van der Waals surface area contributed by atoms with E-state index < -0.39 is 0 Å². The fraction of sp³-hybridized carbons (Fsp3) is 0.500. The predicted octanol–water partition coefficient (Wildman–Crippen LogP) is 1.46. The van der Waals surface area contributed by atoms with Crippen molar-refractivity contribution >= 4 is 11.8 Å². The molecule has 1 atom stereocenters. The molecule has 3 nitrogen and oxygen atoms in total. The van der Waals surface area contributed by atoms with E-state index in [9.17, 15) is 0 Å². The predicted molar refractivity (Wildman–Crippen MR) is 57.6 cm³/mol. The van der Waals surface area contributed by atoms with Gasteiger partial charge in [0.15, 0.2) is 0 Å². The van der Waals surface area contributed by atoms with Crippen LogP contribution in [-0.4, -0.2) is 31.0 Å². The Labute approximate surface area is 88.3 Å².